The van der Waals surface area contributed by atoms with E-state index >= 15 is 0 Å². The normalized spacial score (nSPS) is 10.6. The molecule has 1 atom stereocenters. The Labute approximate surface area is 107 Å². The number of amides is 1. The number of hydrogen-bond acceptors (Lipinski definition) is 1. The van der Waals surface area contributed by atoms with Crippen LogP contribution in [-0.4, -0.2) is 5.91 Å². The summed E-state index contributed by atoms with van der Waals surface area (Å²) in [5.74, 6) is -0.429. The van der Waals surface area contributed by atoms with Crippen LogP contribution in [0, 0.1) is 0 Å². The Kier molecular flexibility index (Phi) is 7.27. The van der Waals surface area contributed by atoms with Gasteiger partial charge < -0.3 is 5.73 Å². The van der Waals surface area contributed by atoms with Crippen LogP contribution in [-0.2, 0) is 21.9 Å². The fourth-order valence-electron chi connectivity index (χ4n) is 1.16. The molecule has 0 spiro atoms. The molecule has 0 radical (unpaired) electrons. The first kappa shape index (κ1) is 14.7. The molecule has 0 saturated carbocycles. The molecule has 1 amide bonds. The van der Waals surface area contributed by atoms with Crippen molar-refractivity contribution in [3.8, 4) is 0 Å². The van der Waals surface area contributed by atoms with Gasteiger partial charge in [-0.15, -0.1) is 0 Å². The first-order valence-corrected chi connectivity index (χ1v) is 4.89. The second-order valence-electron chi connectivity index (χ2n) is 3.30. The Morgan fingerprint density at radius 1 is 1.25 bits per heavy atom. The van der Waals surface area contributed by atoms with Crippen molar-refractivity contribution in [3.63, 3.8) is 0 Å². The Balaban J connectivity index is 0.000000318. The molecule has 2 nitrogen and oxygen atoms in total. The SMILES string of the molecule is CC(C(N)=O)c1ccc[cH-]1.[Fe+2].c1cc[cH-]c1. The number of carbonyl (C=O) groups is 1. The molecular weight excluding hydrogens is 242 g/mol. The van der Waals surface area contributed by atoms with Gasteiger partial charge in [0.1, 0.15) is 0 Å². The van der Waals surface area contributed by atoms with E-state index in [0.29, 0.717) is 0 Å². The van der Waals surface area contributed by atoms with E-state index in [2.05, 4.69) is 0 Å². The number of nitrogens with two attached hydrogens (primary N) is 1. The Hall–Kier alpha value is -1.31. The van der Waals surface area contributed by atoms with Crippen molar-refractivity contribution in [3.05, 3.63) is 60.2 Å². The van der Waals surface area contributed by atoms with Gasteiger partial charge in [0.25, 0.3) is 0 Å². The zero-order valence-corrected chi connectivity index (χ0v) is 10.2. The van der Waals surface area contributed by atoms with Crippen LogP contribution in [0.5, 0.6) is 0 Å². The van der Waals surface area contributed by atoms with Gasteiger partial charge in [-0.1, -0.05) is 6.92 Å². The molecule has 3 heteroatoms. The standard InChI is InChI=1S/C8H10NO.C5H5.Fe/c1-6(8(9)10)7-4-2-3-5-7;1-2-4-5-3-1;/h2-6H,1H3,(H2,9,10);1-5H;/q2*-1;+2. The van der Waals surface area contributed by atoms with Gasteiger partial charge in [-0.25, -0.2) is 24.3 Å². The number of carbonyl (C=O) groups excluding carboxylic acids is 1. The largest absolute Gasteiger partial charge is 2.00 e. The van der Waals surface area contributed by atoms with Crippen molar-refractivity contribution in [2.75, 3.05) is 0 Å². The van der Waals surface area contributed by atoms with Crippen molar-refractivity contribution in [1.29, 1.82) is 0 Å². The molecule has 0 aliphatic rings. The quantitative estimate of drug-likeness (QED) is 0.651. The van der Waals surface area contributed by atoms with Crippen LogP contribution < -0.4 is 5.73 Å². The molecule has 16 heavy (non-hydrogen) atoms. The molecule has 2 aromatic rings. The number of hydrogen-bond donors (Lipinski definition) is 1. The fraction of sp³-hybridized carbons (Fsp3) is 0.154. The van der Waals surface area contributed by atoms with E-state index in [0.717, 1.165) is 5.56 Å². The predicted octanol–water partition coefficient (Wildman–Crippen LogP) is 2.40. The minimum Gasteiger partial charge on any atom is -0.369 e. The number of primary amides is 1. The number of rotatable bonds is 2. The molecule has 2 N–H and O–H groups in total. The molecule has 0 aliphatic carbocycles. The molecule has 1 unspecified atom stereocenters. The third-order valence-corrected chi connectivity index (χ3v) is 2.17. The summed E-state index contributed by atoms with van der Waals surface area (Å²) in [6.07, 6.45) is 0. The Bertz CT molecular complexity index is 347. The van der Waals surface area contributed by atoms with Crippen LogP contribution in [0.1, 0.15) is 18.4 Å². The first-order valence-electron chi connectivity index (χ1n) is 4.89. The molecule has 2 rings (SSSR count). The molecule has 0 saturated heterocycles. The van der Waals surface area contributed by atoms with Crippen molar-refractivity contribution < 1.29 is 21.9 Å². The van der Waals surface area contributed by atoms with E-state index < -0.39 is 0 Å². The van der Waals surface area contributed by atoms with Crippen LogP contribution >= 0.6 is 0 Å². The third-order valence-electron chi connectivity index (χ3n) is 2.17. The summed E-state index contributed by atoms with van der Waals surface area (Å²) in [6, 6.07) is 17.6. The van der Waals surface area contributed by atoms with E-state index in [-0.39, 0.29) is 28.9 Å². The molecule has 0 bridgehead atoms. The summed E-state index contributed by atoms with van der Waals surface area (Å²) in [5, 5.41) is 0. The van der Waals surface area contributed by atoms with Crippen molar-refractivity contribution in [1.82, 2.24) is 0 Å². The van der Waals surface area contributed by atoms with Gasteiger partial charge in [-0.2, -0.15) is 35.9 Å². The molecule has 0 aliphatic heterocycles. The van der Waals surface area contributed by atoms with Gasteiger partial charge in [0.05, 0.1) is 0 Å². The summed E-state index contributed by atoms with van der Waals surface area (Å²) < 4.78 is 0. The van der Waals surface area contributed by atoms with Crippen LogP contribution in [0.4, 0.5) is 0 Å². The maximum Gasteiger partial charge on any atom is 2.00 e. The Morgan fingerprint density at radius 2 is 1.88 bits per heavy atom. The van der Waals surface area contributed by atoms with Crippen LogP contribution in [0.2, 0.25) is 0 Å². The molecule has 86 valence electrons. The van der Waals surface area contributed by atoms with Gasteiger partial charge in [0.15, 0.2) is 0 Å². The fourth-order valence-corrected chi connectivity index (χ4v) is 1.16. The molecule has 0 fully saturated rings. The zero-order chi connectivity index (χ0) is 11.1. The molecular formula is C13H15FeNO. The minimum atomic E-state index is -0.272. The average Bonchev–Trinajstić information content (AvgIpc) is 2.92. The van der Waals surface area contributed by atoms with Gasteiger partial charge in [-0.3, -0.25) is 4.79 Å². The zero-order valence-electron chi connectivity index (χ0n) is 9.11. The summed E-state index contributed by atoms with van der Waals surface area (Å²) >= 11 is 0. The summed E-state index contributed by atoms with van der Waals surface area (Å²) in [4.78, 5) is 10.6. The predicted molar refractivity (Wildman–Crippen MR) is 61.7 cm³/mol. The second kappa shape index (κ2) is 7.91. The molecule has 2 aromatic carbocycles. The second-order valence-corrected chi connectivity index (χ2v) is 3.30. The smallest absolute Gasteiger partial charge is 0.369 e. The monoisotopic (exact) mass is 257 g/mol. The Morgan fingerprint density at radius 3 is 2.19 bits per heavy atom. The van der Waals surface area contributed by atoms with Crippen molar-refractivity contribution in [2.24, 2.45) is 5.73 Å². The van der Waals surface area contributed by atoms with Crippen LogP contribution in [0.3, 0.4) is 0 Å². The first-order chi connectivity index (χ1) is 7.22. The summed E-state index contributed by atoms with van der Waals surface area (Å²) in [5.41, 5.74) is 6.08. The molecule has 0 heterocycles. The summed E-state index contributed by atoms with van der Waals surface area (Å²) in [7, 11) is 0. The van der Waals surface area contributed by atoms with E-state index in [1.807, 2.05) is 54.6 Å². The van der Waals surface area contributed by atoms with E-state index in [1.54, 1.807) is 6.92 Å². The maximum atomic E-state index is 10.6. The van der Waals surface area contributed by atoms with Crippen molar-refractivity contribution >= 4 is 5.91 Å². The van der Waals surface area contributed by atoms with Crippen molar-refractivity contribution in [2.45, 2.75) is 12.8 Å². The third kappa shape index (κ3) is 4.96. The topological polar surface area (TPSA) is 43.1 Å². The van der Waals surface area contributed by atoms with Crippen LogP contribution in [0.25, 0.3) is 0 Å². The van der Waals surface area contributed by atoms with Gasteiger partial charge in [-0.05, 0) is 0 Å². The van der Waals surface area contributed by atoms with Gasteiger partial charge in [0.2, 0.25) is 5.91 Å². The maximum absolute atomic E-state index is 10.6. The van der Waals surface area contributed by atoms with Gasteiger partial charge in [0, 0.05) is 5.92 Å². The van der Waals surface area contributed by atoms with E-state index in [4.69, 9.17) is 5.73 Å². The van der Waals surface area contributed by atoms with Crippen LogP contribution in [0.15, 0.2) is 54.6 Å². The van der Waals surface area contributed by atoms with Gasteiger partial charge >= 0.3 is 17.1 Å². The van der Waals surface area contributed by atoms with E-state index in [9.17, 15) is 4.79 Å². The summed E-state index contributed by atoms with van der Waals surface area (Å²) in [6.45, 7) is 1.80. The molecule has 0 aromatic heterocycles. The van der Waals surface area contributed by atoms with E-state index in [1.165, 1.54) is 0 Å². The average molecular weight is 257 g/mol. The minimum absolute atomic E-state index is 0.